The molecule has 1 N–H and O–H groups in total. The van der Waals surface area contributed by atoms with E-state index in [1.807, 2.05) is 44.3 Å². The highest BCUT2D eigenvalue weighted by molar-refractivity contribution is 5.79. The van der Waals surface area contributed by atoms with Crippen LogP contribution in [-0.2, 0) is 0 Å². The minimum absolute atomic E-state index is 0.305. The van der Waals surface area contributed by atoms with Gasteiger partial charge in [0.25, 0.3) is 0 Å². The lowest BCUT2D eigenvalue weighted by molar-refractivity contribution is 0.129. The van der Waals surface area contributed by atoms with Gasteiger partial charge in [-0.05, 0) is 25.5 Å². The lowest BCUT2D eigenvalue weighted by atomic mass is 10.1. The van der Waals surface area contributed by atoms with Gasteiger partial charge in [-0.1, -0.05) is 30.4 Å². The first-order chi connectivity index (χ1) is 10.8. The Balaban J connectivity index is 1.75. The molecule has 1 saturated heterocycles. The van der Waals surface area contributed by atoms with Crippen LogP contribution in [0.5, 0.6) is 5.75 Å². The number of benzene rings is 1. The number of hydrogen-bond acceptors (Lipinski definition) is 2. The van der Waals surface area contributed by atoms with Crippen molar-refractivity contribution in [2.75, 3.05) is 26.7 Å². The van der Waals surface area contributed by atoms with Gasteiger partial charge in [-0.3, -0.25) is 4.99 Å². The van der Waals surface area contributed by atoms with Gasteiger partial charge in [0.15, 0.2) is 5.96 Å². The van der Waals surface area contributed by atoms with Gasteiger partial charge in [0, 0.05) is 39.5 Å². The summed E-state index contributed by atoms with van der Waals surface area (Å²) in [5, 5.41) is 3.42. The van der Waals surface area contributed by atoms with Crippen molar-refractivity contribution in [3.05, 3.63) is 42.5 Å². The van der Waals surface area contributed by atoms with E-state index in [-0.39, 0.29) is 0 Å². The molecule has 0 bridgehead atoms. The summed E-state index contributed by atoms with van der Waals surface area (Å²) in [4.78, 5) is 6.70. The second-order valence-electron chi connectivity index (χ2n) is 5.45. The van der Waals surface area contributed by atoms with Crippen LogP contribution in [0.4, 0.5) is 0 Å². The van der Waals surface area contributed by atoms with Crippen molar-refractivity contribution in [1.29, 1.82) is 0 Å². The number of hydrogen-bond donors (Lipinski definition) is 1. The van der Waals surface area contributed by atoms with E-state index in [9.17, 15) is 0 Å². The molecule has 1 aliphatic rings. The number of piperidine rings is 1. The van der Waals surface area contributed by atoms with Crippen molar-refractivity contribution in [3.63, 3.8) is 0 Å². The second kappa shape index (κ2) is 9.13. The van der Waals surface area contributed by atoms with Gasteiger partial charge in [0.1, 0.15) is 11.9 Å². The Morgan fingerprint density at radius 2 is 2.05 bits per heavy atom. The third kappa shape index (κ3) is 5.10. The maximum Gasteiger partial charge on any atom is 0.193 e. The fourth-order valence-electron chi connectivity index (χ4n) is 2.64. The van der Waals surface area contributed by atoms with Crippen molar-refractivity contribution in [2.24, 2.45) is 4.99 Å². The molecule has 4 nitrogen and oxygen atoms in total. The zero-order valence-electron chi connectivity index (χ0n) is 13.7. The normalized spacial score (nSPS) is 17.0. The number of guanidine groups is 1. The highest BCUT2D eigenvalue weighted by Gasteiger charge is 2.22. The molecule has 1 aromatic carbocycles. The molecule has 1 fully saturated rings. The number of rotatable bonds is 5. The van der Waals surface area contributed by atoms with Crippen LogP contribution in [0, 0.1) is 0 Å². The van der Waals surface area contributed by atoms with E-state index in [0.717, 1.165) is 50.6 Å². The van der Waals surface area contributed by atoms with E-state index in [4.69, 9.17) is 4.74 Å². The number of allylic oxidation sites excluding steroid dienone is 1. The smallest absolute Gasteiger partial charge is 0.193 e. The Bertz CT molecular complexity index is 476. The summed E-state index contributed by atoms with van der Waals surface area (Å²) in [5.41, 5.74) is 0. The van der Waals surface area contributed by atoms with E-state index in [1.54, 1.807) is 0 Å². The van der Waals surface area contributed by atoms with Crippen LogP contribution in [0.15, 0.2) is 47.5 Å². The fourth-order valence-corrected chi connectivity index (χ4v) is 2.64. The van der Waals surface area contributed by atoms with Crippen LogP contribution >= 0.6 is 0 Å². The minimum atomic E-state index is 0.305. The first-order valence-electron chi connectivity index (χ1n) is 8.12. The highest BCUT2D eigenvalue weighted by atomic mass is 16.5. The molecule has 0 aromatic heterocycles. The Hall–Kier alpha value is -1.97. The standard InChI is InChI=1S/C18H27N3O/c1-3-4-8-13-20-18(19-2)21-14-11-17(12-15-21)22-16-9-6-5-7-10-16/h3-7,9-10,17H,8,11-15H2,1-2H3,(H,19,20)/b4-3+. The Kier molecular flexibility index (Phi) is 6.81. The summed E-state index contributed by atoms with van der Waals surface area (Å²) >= 11 is 0. The summed E-state index contributed by atoms with van der Waals surface area (Å²) in [6.45, 7) is 4.95. The number of nitrogens with zero attached hydrogens (tertiary/aromatic N) is 2. The monoisotopic (exact) mass is 301 g/mol. The van der Waals surface area contributed by atoms with Gasteiger partial charge in [-0.15, -0.1) is 0 Å². The number of ether oxygens (including phenoxy) is 1. The molecule has 1 heterocycles. The van der Waals surface area contributed by atoms with Crippen LogP contribution in [0.2, 0.25) is 0 Å². The summed E-state index contributed by atoms with van der Waals surface area (Å²) < 4.78 is 6.03. The molecule has 0 atom stereocenters. The predicted octanol–water partition coefficient (Wildman–Crippen LogP) is 3.07. The quantitative estimate of drug-likeness (QED) is 0.393. The Morgan fingerprint density at radius 3 is 2.68 bits per heavy atom. The zero-order chi connectivity index (χ0) is 15.6. The van der Waals surface area contributed by atoms with Crippen molar-refractivity contribution < 1.29 is 4.74 Å². The summed E-state index contributed by atoms with van der Waals surface area (Å²) in [6, 6.07) is 10.1. The maximum atomic E-state index is 6.03. The molecular formula is C18H27N3O. The number of likely N-dealkylation sites (tertiary alicyclic amines) is 1. The van der Waals surface area contributed by atoms with Crippen LogP contribution in [0.3, 0.4) is 0 Å². The van der Waals surface area contributed by atoms with E-state index in [2.05, 4.69) is 27.4 Å². The van der Waals surface area contributed by atoms with E-state index < -0.39 is 0 Å². The second-order valence-corrected chi connectivity index (χ2v) is 5.45. The average Bonchev–Trinajstić information content (AvgIpc) is 2.57. The van der Waals surface area contributed by atoms with Gasteiger partial charge in [-0.2, -0.15) is 0 Å². The molecule has 0 radical (unpaired) electrons. The molecule has 1 aliphatic heterocycles. The van der Waals surface area contributed by atoms with Gasteiger partial charge in [-0.25, -0.2) is 0 Å². The number of para-hydroxylation sites is 1. The lowest BCUT2D eigenvalue weighted by Gasteiger charge is -2.34. The fraction of sp³-hybridized carbons (Fsp3) is 0.500. The van der Waals surface area contributed by atoms with Crippen LogP contribution in [0.1, 0.15) is 26.2 Å². The third-order valence-electron chi connectivity index (χ3n) is 3.83. The van der Waals surface area contributed by atoms with E-state index in [1.165, 1.54) is 0 Å². The minimum Gasteiger partial charge on any atom is -0.490 e. The Labute approximate surface area is 133 Å². The molecule has 0 spiro atoms. The summed E-state index contributed by atoms with van der Waals surface area (Å²) in [5.74, 6) is 1.97. The van der Waals surface area contributed by atoms with Crippen molar-refractivity contribution in [1.82, 2.24) is 10.2 Å². The summed E-state index contributed by atoms with van der Waals surface area (Å²) in [7, 11) is 1.85. The number of nitrogens with one attached hydrogen (secondary N) is 1. The molecule has 0 unspecified atom stereocenters. The molecule has 4 heteroatoms. The van der Waals surface area contributed by atoms with Crippen molar-refractivity contribution in [2.45, 2.75) is 32.3 Å². The first-order valence-corrected chi connectivity index (χ1v) is 8.12. The number of aliphatic imine (C=N–C) groups is 1. The van der Waals surface area contributed by atoms with Crippen molar-refractivity contribution in [3.8, 4) is 5.75 Å². The van der Waals surface area contributed by atoms with E-state index in [0.29, 0.717) is 6.10 Å². The largest absolute Gasteiger partial charge is 0.490 e. The molecule has 22 heavy (non-hydrogen) atoms. The average molecular weight is 301 g/mol. The first kappa shape index (κ1) is 16.4. The Morgan fingerprint density at radius 1 is 1.32 bits per heavy atom. The van der Waals surface area contributed by atoms with Crippen LogP contribution in [-0.4, -0.2) is 43.6 Å². The van der Waals surface area contributed by atoms with Crippen LogP contribution in [0.25, 0.3) is 0 Å². The molecule has 0 amide bonds. The van der Waals surface area contributed by atoms with Crippen molar-refractivity contribution >= 4 is 5.96 Å². The zero-order valence-corrected chi connectivity index (χ0v) is 13.7. The summed E-state index contributed by atoms with van der Waals surface area (Å²) in [6.07, 6.45) is 7.65. The molecular weight excluding hydrogens is 274 g/mol. The molecule has 0 saturated carbocycles. The third-order valence-corrected chi connectivity index (χ3v) is 3.83. The molecule has 0 aliphatic carbocycles. The topological polar surface area (TPSA) is 36.9 Å². The predicted molar refractivity (Wildman–Crippen MR) is 92.5 cm³/mol. The van der Waals surface area contributed by atoms with Gasteiger partial charge >= 0.3 is 0 Å². The van der Waals surface area contributed by atoms with Gasteiger partial charge in [0.05, 0.1) is 0 Å². The highest BCUT2D eigenvalue weighted by Crippen LogP contribution is 2.18. The molecule has 1 aromatic rings. The maximum absolute atomic E-state index is 6.03. The lowest BCUT2D eigenvalue weighted by Crippen LogP contribution is -2.47. The van der Waals surface area contributed by atoms with Crippen LogP contribution < -0.4 is 10.1 Å². The van der Waals surface area contributed by atoms with E-state index >= 15 is 0 Å². The SMILES string of the molecule is C/C=C/CCNC(=NC)N1CCC(Oc2ccccc2)CC1. The van der Waals surface area contributed by atoms with Gasteiger partial charge in [0.2, 0.25) is 0 Å². The molecule has 2 rings (SSSR count). The molecule has 120 valence electrons. The van der Waals surface area contributed by atoms with Gasteiger partial charge < -0.3 is 15.0 Å².